The normalized spacial score (nSPS) is 38.9. The number of cyclic esters (lactones) is 1. The molecule has 0 bridgehead atoms. The summed E-state index contributed by atoms with van der Waals surface area (Å²) in [5, 5.41) is 10.1. The summed E-state index contributed by atoms with van der Waals surface area (Å²) in [7, 11) is 1.20. The molecule has 0 aromatic heterocycles. The van der Waals surface area contributed by atoms with E-state index in [-0.39, 0.29) is 5.57 Å². The van der Waals surface area contributed by atoms with Crippen molar-refractivity contribution >= 4 is 17.7 Å². The van der Waals surface area contributed by atoms with Crippen LogP contribution in [0.25, 0.3) is 0 Å². The Bertz CT molecular complexity index is 461. The molecule has 0 radical (unpaired) electrons. The number of methoxy groups -OCH3 is 1. The van der Waals surface area contributed by atoms with Crippen molar-refractivity contribution in [1.29, 1.82) is 0 Å². The summed E-state index contributed by atoms with van der Waals surface area (Å²) >= 11 is 0. The lowest BCUT2D eigenvalue weighted by molar-refractivity contribution is -0.158. The zero-order valence-corrected chi connectivity index (χ0v) is 10.3. The van der Waals surface area contributed by atoms with E-state index in [9.17, 15) is 19.5 Å². The van der Waals surface area contributed by atoms with Gasteiger partial charge in [0.1, 0.15) is 17.8 Å². The number of ketones is 1. The highest BCUT2D eigenvalue weighted by Gasteiger charge is 2.62. The minimum atomic E-state index is -1.81. The first kappa shape index (κ1) is 12.8. The van der Waals surface area contributed by atoms with Gasteiger partial charge < -0.3 is 14.6 Å². The number of Topliss-reactive ketones (excluding diaryl/α,β-unsaturated/α-hetero) is 1. The van der Waals surface area contributed by atoms with Crippen molar-refractivity contribution in [1.82, 2.24) is 0 Å². The lowest BCUT2D eigenvalue weighted by Gasteiger charge is -2.29. The molecule has 0 spiro atoms. The smallest absolute Gasteiger partial charge is 0.337 e. The summed E-state index contributed by atoms with van der Waals surface area (Å²) in [5.74, 6) is -4.21. The third-order valence-corrected chi connectivity index (χ3v) is 3.75. The van der Waals surface area contributed by atoms with E-state index < -0.39 is 41.1 Å². The third-order valence-electron chi connectivity index (χ3n) is 3.75. The van der Waals surface area contributed by atoms with Crippen LogP contribution in [-0.2, 0) is 23.9 Å². The van der Waals surface area contributed by atoms with E-state index >= 15 is 0 Å². The van der Waals surface area contributed by atoms with Crippen LogP contribution in [0.1, 0.15) is 13.8 Å². The topological polar surface area (TPSA) is 89.9 Å². The number of ether oxygens (including phenoxy) is 2. The predicted octanol–water partition coefficient (Wildman–Crippen LogP) is -0.198. The summed E-state index contributed by atoms with van der Waals surface area (Å²) < 4.78 is 9.34. The quantitative estimate of drug-likeness (QED) is 0.652. The van der Waals surface area contributed by atoms with Crippen molar-refractivity contribution in [3.63, 3.8) is 0 Å². The number of hydrogen-bond acceptors (Lipinski definition) is 6. The highest BCUT2D eigenvalue weighted by atomic mass is 16.5. The molecule has 1 fully saturated rings. The second-order valence-corrected chi connectivity index (χ2v) is 4.81. The molecule has 6 heteroatoms. The third kappa shape index (κ3) is 1.49. The number of carbonyl (C=O) groups is 3. The number of rotatable bonds is 1. The van der Waals surface area contributed by atoms with Gasteiger partial charge >= 0.3 is 11.9 Å². The maximum atomic E-state index is 12.0. The first-order valence-corrected chi connectivity index (χ1v) is 5.58. The van der Waals surface area contributed by atoms with Crippen LogP contribution >= 0.6 is 0 Å². The van der Waals surface area contributed by atoms with Crippen molar-refractivity contribution in [3.05, 3.63) is 11.8 Å². The van der Waals surface area contributed by atoms with E-state index in [1.54, 1.807) is 6.92 Å². The van der Waals surface area contributed by atoms with Gasteiger partial charge in [0, 0.05) is 11.8 Å². The number of hydrogen-bond donors (Lipinski definition) is 1. The maximum Gasteiger partial charge on any atom is 0.337 e. The molecule has 2 aliphatic rings. The van der Waals surface area contributed by atoms with Gasteiger partial charge in [-0.15, -0.1) is 0 Å². The highest BCUT2D eigenvalue weighted by Crippen LogP contribution is 2.47. The van der Waals surface area contributed by atoms with Crippen LogP contribution in [0.4, 0.5) is 0 Å². The van der Waals surface area contributed by atoms with Crippen molar-refractivity contribution in [2.24, 2.45) is 17.8 Å². The van der Waals surface area contributed by atoms with E-state index in [0.29, 0.717) is 0 Å². The molecule has 1 N–H and O–H groups in total. The van der Waals surface area contributed by atoms with Crippen LogP contribution in [0.5, 0.6) is 0 Å². The van der Waals surface area contributed by atoms with E-state index in [0.717, 1.165) is 6.26 Å². The summed E-state index contributed by atoms with van der Waals surface area (Å²) in [6, 6.07) is 0. The molecule has 1 heterocycles. The minimum absolute atomic E-state index is 0.112. The van der Waals surface area contributed by atoms with Gasteiger partial charge in [-0.2, -0.15) is 0 Å². The fourth-order valence-electron chi connectivity index (χ4n) is 2.82. The lowest BCUT2D eigenvalue weighted by Crippen LogP contribution is -2.44. The maximum absolute atomic E-state index is 12.0. The van der Waals surface area contributed by atoms with Gasteiger partial charge in [-0.25, -0.2) is 4.79 Å². The molecule has 1 saturated carbocycles. The van der Waals surface area contributed by atoms with Crippen molar-refractivity contribution in [3.8, 4) is 0 Å². The number of aliphatic hydroxyl groups is 1. The Hall–Kier alpha value is -1.69. The molecule has 0 aromatic carbocycles. The van der Waals surface area contributed by atoms with Crippen LogP contribution in [0.15, 0.2) is 11.8 Å². The molecule has 1 aliphatic carbocycles. The van der Waals surface area contributed by atoms with Gasteiger partial charge in [0.05, 0.1) is 12.7 Å². The average Bonchev–Trinajstić information content (AvgIpc) is 2.51. The van der Waals surface area contributed by atoms with Crippen LogP contribution in [-0.4, -0.2) is 35.5 Å². The van der Waals surface area contributed by atoms with Crippen LogP contribution in [0, 0.1) is 17.8 Å². The molecule has 1 aliphatic heterocycles. The average molecular weight is 254 g/mol. The molecular weight excluding hydrogens is 240 g/mol. The number of esters is 2. The van der Waals surface area contributed by atoms with Gasteiger partial charge in [-0.05, 0) is 6.92 Å². The van der Waals surface area contributed by atoms with Gasteiger partial charge in [-0.1, -0.05) is 6.92 Å². The zero-order valence-electron chi connectivity index (χ0n) is 10.3. The largest absolute Gasteiger partial charge is 0.466 e. The molecule has 0 saturated heterocycles. The molecule has 98 valence electrons. The molecule has 2 rings (SSSR count). The predicted molar refractivity (Wildman–Crippen MR) is 58.0 cm³/mol. The van der Waals surface area contributed by atoms with Gasteiger partial charge in [0.2, 0.25) is 0 Å². The fraction of sp³-hybridized carbons (Fsp3) is 0.583. The first-order chi connectivity index (χ1) is 8.32. The first-order valence-electron chi connectivity index (χ1n) is 5.58. The summed E-state index contributed by atoms with van der Waals surface area (Å²) in [4.78, 5) is 35.3. The Balaban J connectivity index is 2.51. The zero-order chi connectivity index (χ0) is 13.7. The molecule has 6 nitrogen and oxygen atoms in total. The highest BCUT2D eigenvalue weighted by molar-refractivity contribution is 6.02. The van der Waals surface area contributed by atoms with Crippen molar-refractivity contribution in [2.45, 2.75) is 19.4 Å². The second kappa shape index (κ2) is 3.91. The van der Waals surface area contributed by atoms with Gasteiger partial charge in [0.25, 0.3) is 0 Å². The summed E-state index contributed by atoms with van der Waals surface area (Å²) in [5.41, 5.74) is -1.70. The summed E-state index contributed by atoms with van der Waals surface area (Å²) in [6.07, 6.45) is 1.01. The van der Waals surface area contributed by atoms with Crippen LogP contribution in [0.3, 0.4) is 0 Å². The van der Waals surface area contributed by atoms with Crippen molar-refractivity contribution in [2.75, 3.05) is 7.11 Å². The number of fused-ring (bicyclic) bond motifs is 1. The molecule has 0 aromatic rings. The van der Waals surface area contributed by atoms with Crippen LogP contribution in [0.2, 0.25) is 0 Å². The lowest BCUT2D eigenvalue weighted by atomic mass is 9.80. The Morgan fingerprint density at radius 1 is 1.50 bits per heavy atom. The summed E-state index contributed by atoms with van der Waals surface area (Å²) in [6.45, 7) is 2.86. The standard InChI is InChI=1S/C12H14O6/c1-5-7-6(10(14)17-3)4-18-11(15)8(7)12(2,16)9(5)13/h4-5,7-8,16H,1-3H3/t5-,7+,8+,12+/m0/s1. The fourth-order valence-corrected chi connectivity index (χ4v) is 2.82. The SMILES string of the molecule is COC(=O)C1=COC(=O)[C@H]2[C@@H]1[C@H](C)C(=O)[C@]2(C)O. The molecule has 0 unspecified atom stereocenters. The van der Waals surface area contributed by atoms with Gasteiger partial charge in [0.15, 0.2) is 5.78 Å². The Morgan fingerprint density at radius 3 is 2.67 bits per heavy atom. The molecule has 18 heavy (non-hydrogen) atoms. The Kier molecular flexibility index (Phi) is 2.77. The van der Waals surface area contributed by atoms with Crippen LogP contribution < -0.4 is 0 Å². The molecule has 0 amide bonds. The Morgan fingerprint density at radius 2 is 2.11 bits per heavy atom. The minimum Gasteiger partial charge on any atom is -0.466 e. The second-order valence-electron chi connectivity index (χ2n) is 4.81. The van der Waals surface area contributed by atoms with E-state index in [4.69, 9.17) is 4.74 Å². The van der Waals surface area contributed by atoms with Crippen molar-refractivity contribution < 1.29 is 29.0 Å². The Labute approximate surface area is 104 Å². The molecular formula is C12H14O6. The van der Waals surface area contributed by atoms with E-state index in [1.807, 2.05) is 0 Å². The van der Waals surface area contributed by atoms with Gasteiger partial charge in [-0.3, -0.25) is 9.59 Å². The van der Waals surface area contributed by atoms with E-state index in [1.165, 1.54) is 14.0 Å². The van der Waals surface area contributed by atoms with E-state index in [2.05, 4.69) is 4.74 Å². The monoisotopic (exact) mass is 254 g/mol. The molecule has 4 atom stereocenters. The number of carbonyl (C=O) groups excluding carboxylic acids is 3.